The number of nitrogens with zero attached hydrogens (tertiary/aromatic N) is 2. The molecule has 3 aromatic carbocycles. The lowest BCUT2D eigenvalue weighted by Crippen LogP contribution is -2.46. The van der Waals surface area contributed by atoms with Crippen molar-refractivity contribution in [2.75, 3.05) is 46.3 Å². The molecule has 1 N–H and O–H groups in total. The summed E-state index contributed by atoms with van der Waals surface area (Å²) in [6.07, 6.45) is 2.64. The van der Waals surface area contributed by atoms with Crippen LogP contribution in [0.5, 0.6) is 0 Å². The smallest absolute Gasteiger partial charge is 0.251 e. The first kappa shape index (κ1) is 20.2. The molecule has 0 aromatic heterocycles. The third-order valence-corrected chi connectivity index (χ3v) is 6.75. The highest BCUT2D eigenvalue weighted by molar-refractivity contribution is 6.10. The van der Waals surface area contributed by atoms with Crippen molar-refractivity contribution in [3.63, 3.8) is 0 Å². The summed E-state index contributed by atoms with van der Waals surface area (Å²) in [4.78, 5) is 17.8. The van der Waals surface area contributed by atoms with Gasteiger partial charge in [-0.1, -0.05) is 54.6 Å². The molecule has 5 rings (SSSR count). The van der Waals surface area contributed by atoms with Crippen molar-refractivity contribution in [1.29, 1.82) is 0 Å². The van der Waals surface area contributed by atoms with Crippen LogP contribution in [0.3, 0.4) is 0 Å². The number of hydrogen-bond acceptors (Lipinski definition) is 3. The van der Waals surface area contributed by atoms with Crippen LogP contribution in [0.25, 0.3) is 21.9 Å². The Morgan fingerprint density at radius 2 is 1.61 bits per heavy atom. The molecule has 160 valence electrons. The summed E-state index contributed by atoms with van der Waals surface area (Å²) < 4.78 is 0. The second-order valence-electron chi connectivity index (χ2n) is 9.00. The summed E-state index contributed by atoms with van der Waals surface area (Å²) in [5.41, 5.74) is 4.60. The van der Waals surface area contributed by atoms with Crippen molar-refractivity contribution in [3.8, 4) is 11.1 Å². The largest absolute Gasteiger partial charge is 0.351 e. The summed E-state index contributed by atoms with van der Waals surface area (Å²) in [7, 11) is 2.16. The molecule has 3 aromatic rings. The number of benzene rings is 3. The fourth-order valence-corrected chi connectivity index (χ4v) is 4.61. The molecule has 0 bridgehead atoms. The van der Waals surface area contributed by atoms with Crippen LogP contribution >= 0.6 is 0 Å². The summed E-state index contributed by atoms with van der Waals surface area (Å²) in [5, 5.41) is 5.29. The normalized spacial score (nSPS) is 17.7. The molecule has 31 heavy (non-hydrogen) atoms. The predicted molar refractivity (Wildman–Crippen MR) is 128 cm³/mol. The van der Waals surface area contributed by atoms with Gasteiger partial charge in [0.2, 0.25) is 0 Å². The van der Waals surface area contributed by atoms with Crippen LogP contribution in [0.4, 0.5) is 0 Å². The van der Waals surface area contributed by atoms with E-state index in [-0.39, 0.29) is 5.91 Å². The highest BCUT2D eigenvalue weighted by atomic mass is 16.1. The van der Waals surface area contributed by atoms with Crippen molar-refractivity contribution >= 4 is 16.7 Å². The van der Waals surface area contributed by atoms with E-state index in [4.69, 9.17) is 0 Å². The Labute approximate surface area is 184 Å². The van der Waals surface area contributed by atoms with Crippen LogP contribution in [-0.4, -0.2) is 62.0 Å². The second-order valence-corrected chi connectivity index (χ2v) is 9.00. The van der Waals surface area contributed by atoms with Crippen molar-refractivity contribution < 1.29 is 4.79 Å². The minimum atomic E-state index is 0.0148. The lowest BCUT2D eigenvalue weighted by Gasteiger charge is -2.32. The number of carbonyl (C=O) groups excluding carboxylic acids is 1. The zero-order valence-corrected chi connectivity index (χ0v) is 18.3. The Balaban J connectivity index is 1.32. The van der Waals surface area contributed by atoms with Crippen molar-refractivity contribution in [1.82, 2.24) is 15.1 Å². The average molecular weight is 414 g/mol. The third kappa shape index (κ3) is 4.51. The molecule has 1 amide bonds. The maximum absolute atomic E-state index is 13.0. The van der Waals surface area contributed by atoms with Crippen molar-refractivity contribution in [3.05, 3.63) is 71.8 Å². The van der Waals surface area contributed by atoms with Gasteiger partial charge in [-0.3, -0.25) is 9.69 Å². The van der Waals surface area contributed by atoms with Crippen LogP contribution in [0.1, 0.15) is 34.7 Å². The van der Waals surface area contributed by atoms with E-state index in [0.29, 0.717) is 6.54 Å². The summed E-state index contributed by atoms with van der Waals surface area (Å²) in [5.74, 6) is 0.781. The molecule has 4 nitrogen and oxygen atoms in total. The highest BCUT2D eigenvalue weighted by Crippen LogP contribution is 2.41. The Morgan fingerprint density at radius 1 is 0.903 bits per heavy atom. The van der Waals surface area contributed by atoms with Gasteiger partial charge in [-0.15, -0.1) is 0 Å². The quantitative estimate of drug-likeness (QED) is 0.652. The first-order valence-electron chi connectivity index (χ1n) is 11.5. The first-order chi connectivity index (χ1) is 15.2. The molecule has 1 aliphatic heterocycles. The molecule has 1 aliphatic carbocycles. The van der Waals surface area contributed by atoms with Gasteiger partial charge in [-0.05, 0) is 59.3 Å². The van der Waals surface area contributed by atoms with E-state index in [9.17, 15) is 4.79 Å². The SMILES string of the molecule is CN1CCN(CCNC(=O)c2cccc3c(-c4ccc(C5CC5)cc4)cccc23)CC1. The molecule has 2 aliphatic rings. The van der Waals surface area contributed by atoms with E-state index < -0.39 is 0 Å². The van der Waals surface area contributed by atoms with Gasteiger partial charge >= 0.3 is 0 Å². The van der Waals surface area contributed by atoms with Crippen LogP contribution < -0.4 is 5.32 Å². The van der Waals surface area contributed by atoms with Gasteiger partial charge in [0.05, 0.1) is 0 Å². The van der Waals surface area contributed by atoms with Crippen LogP contribution in [0, 0.1) is 0 Å². The monoisotopic (exact) mass is 413 g/mol. The Hall–Kier alpha value is -2.69. The molecule has 0 spiro atoms. The van der Waals surface area contributed by atoms with Gasteiger partial charge in [0.15, 0.2) is 0 Å². The number of amides is 1. The number of likely N-dealkylation sites (N-methyl/N-ethyl adjacent to an activating group) is 1. The van der Waals surface area contributed by atoms with Crippen LogP contribution in [0.2, 0.25) is 0 Å². The molecule has 1 heterocycles. The molecule has 4 heteroatoms. The molecule has 0 radical (unpaired) electrons. The maximum Gasteiger partial charge on any atom is 0.251 e. The summed E-state index contributed by atoms with van der Waals surface area (Å²) >= 11 is 0. The Bertz CT molecular complexity index is 1060. The van der Waals surface area contributed by atoms with Crippen LogP contribution in [-0.2, 0) is 0 Å². The molecule has 0 atom stereocenters. The zero-order chi connectivity index (χ0) is 21.2. The lowest BCUT2D eigenvalue weighted by molar-refractivity contribution is 0.0942. The average Bonchev–Trinajstić information content (AvgIpc) is 3.65. The predicted octanol–water partition coefficient (Wildman–Crippen LogP) is 4.36. The van der Waals surface area contributed by atoms with Gasteiger partial charge < -0.3 is 10.2 Å². The van der Waals surface area contributed by atoms with E-state index >= 15 is 0 Å². The number of hydrogen-bond donors (Lipinski definition) is 1. The highest BCUT2D eigenvalue weighted by Gasteiger charge is 2.23. The minimum Gasteiger partial charge on any atom is -0.351 e. The van der Waals surface area contributed by atoms with Crippen molar-refractivity contribution in [2.24, 2.45) is 0 Å². The number of rotatable bonds is 6. The number of carbonyl (C=O) groups is 1. The first-order valence-corrected chi connectivity index (χ1v) is 11.5. The summed E-state index contributed by atoms with van der Waals surface area (Å²) in [6.45, 7) is 5.93. The fraction of sp³-hybridized carbons (Fsp3) is 0.370. The molecule has 1 saturated carbocycles. The Kier molecular flexibility index (Phi) is 5.75. The molecular formula is C27H31N3O. The van der Waals surface area contributed by atoms with E-state index in [1.807, 2.05) is 12.1 Å². The van der Waals surface area contributed by atoms with Gasteiger partial charge in [0.25, 0.3) is 5.91 Å². The standard InChI is InChI=1S/C27H31N3O/c1-29-16-18-30(19-17-29)15-14-28-27(31)26-7-3-5-24-23(4-2-6-25(24)26)22-12-10-21(11-13-22)20-8-9-20/h2-7,10-13,20H,8-9,14-19H2,1H3,(H,28,31). The molecular weight excluding hydrogens is 382 g/mol. The molecule has 1 saturated heterocycles. The van der Waals surface area contributed by atoms with Gasteiger partial charge in [0, 0.05) is 44.8 Å². The second kappa shape index (κ2) is 8.81. The minimum absolute atomic E-state index is 0.0148. The van der Waals surface area contributed by atoms with Gasteiger partial charge in [-0.2, -0.15) is 0 Å². The van der Waals surface area contributed by atoms with E-state index in [1.165, 1.54) is 29.5 Å². The van der Waals surface area contributed by atoms with Crippen LogP contribution in [0.15, 0.2) is 60.7 Å². The maximum atomic E-state index is 13.0. The molecule has 0 unspecified atom stereocenters. The fourth-order valence-electron chi connectivity index (χ4n) is 4.61. The number of nitrogens with one attached hydrogen (secondary N) is 1. The zero-order valence-electron chi connectivity index (χ0n) is 18.3. The lowest BCUT2D eigenvalue weighted by atomic mass is 9.94. The third-order valence-electron chi connectivity index (χ3n) is 6.75. The summed E-state index contributed by atoms with van der Waals surface area (Å²) in [6, 6.07) is 21.3. The Morgan fingerprint density at radius 3 is 2.35 bits per heavy atom. The van der Waals surface area contributed by atoms with E-state index in [1.54, 1.807) is 0 Å². The topological polar surface area (TPSA) is 35.6 Å². The van der Waals surface area contributed by atoms with E-state index in [0.717, 1.165) is 55.0 Å². The van der Waals surface area contributed by atoms with Gasteiger partial charge in [-0.25, -0.2) is 0 Å². The van der Waals surface area contributed by atoms with E-state index in [2.05, 4.69) is 70.7 Å². The van der Waals surface area contributed by atoms with Gasteiger partial charge in [0.1, 0.15) is 0 Å². The van der Waals surface area contributed by atoms with Crippen molar-refractivity contribution in [2.45, 2.75) is 18.8 Å². The molecule has 2 fully saturated rings. The number of fused-ring (bicyclic) bond motifs is 1. The number of piperazine rings is 1.